The van der Waals surface area contributed by atoms with Crippen LogP contribution < -0.4 is 10.6 Å². The minimum Gasteiger partial charge on any atom is -0.444 e. The molecule has 4 atom stereocenters. The molecule has 5 nitrogen and oxygen atoms in total. The third-order valence-corrected chi connectivity index (χ3v) is 4.81. The zero-order valence-corrected chi connectivity index (χ0v) is 15.2. The third-order valence-electron chi connectivity index (χ3n) is 4.81. The largest absolute Gasteiger partial charge is 0.444 e. The summed E-state index contributed by atoms with van der Waals surface area (Å²) in [6.07, 6.45) is 6.76. The number of rotatable bonds is 5. The van der Waals surface area contributed by atoms with Gasteiger partial charge < -0.3 is 20.1 Å². The SMILES string of the molecule is CCC1OCCC1CNC1CCCC(NC(=O)OC(C)(C)C)C1. The molecule has 1 heterocycles. The van der Waals surface area contributed by atoms with Crippen LogP contribution in [0, 0.1) is 5.92 Å². The fourth-order valence-corrected chi connectivity index (χ4v) is 3.68. The van der Waals surface area contributed by atoms with Crippen molar-refractivity contribution in [3.05, 3.63) is 0 Å². The molecule has 134 valence electrons. The van der Waals surface area contributed by atoms with E-state index in [4.69, 9.17) is 9.47 Å². The number of nitrogens with one attached hydrogen (secondary N) is 2. The summed E-state index contributed by atoms with van der Waals surface area (Å²) in [5, 5.41) is 6.73. The van der Waals surface area contributed by atoms with E-state index in [1.165, 1.54) is 6.42 Å². The predicted octanol–water partition coefficient (Wildman–Crippen LogP) is 3.23. The molecule has 1 saturated heterocycles. The monoisotopic (exact) mass is 326 g/mol. The molecule has 4 unspecified atom stereocenters. The summed E-state index contributed by atoms with van der Waals surface area (Å²) in [6.45, 7) is 9.81. The van der Waals surface area contributed by atoms with E-state index in [1.54, 1.807) is 0 Å². The Morgan fingerprint density at radius 3 is 2.65 bits per heavy atom. The van der Waals surface area contributed by atoms with Crippen LogP contribution in [-0.2, 0) is 9.47 Å². The Bertz CT molecular complexity index is 381. The first-order valence-electron chi connectivity index (χ1n) is 9.22. The fraction of sp³-hybridized carbons (Fsp3) is 0.944. The summed E-state index contributed by atoms with van der Waals surface area (Å²) in [4.78, 5) is 11.9. The molecule has 23 heavy (non-hydrogen) atoms. The van der Waals surface area contributed by atoms with E-state index in [0.29, 0.717) is 18.1 Å². The molecule has 1 amide bonds. The molecule has 0 aromatic rings. The first-order valence-corrected chi connectivity index (χ1v) is 9.22. The van der Waals surface area contributed by atoms with E-state index in [-0.39, 0.29) is 12.1 Å². The minimum atomic E-state index is -0.436. The van der Waals surface area contributed by atoms with E-state index in [1.807, 2.05) is 20.8 Å². The number of ether oxygens (including phenoxy) is 2. The van der Waals surface area contributed by atoms with Gasteiger partial charge in [-0.25, -0.2) is 4.79 Å². The summed E-state index contributed by atoms with van der Waals surface area (Å²) in [6, 6.07) is 0.708. The van der Waals surface area contributed by atoms with Gasteiger partial charge in [0.05, 0.1) is 6.10 Å². The predicted molar refractivity (Wildman–Crippen MR) is 91.6 cm³/mol. The van der Waals surface area contributed by atoms with E-state index in [2.05, 4.69) is 17.6 Å². The quantitative estimate of drug-likeness (QED) is 0.814. The highest BCUT2D eigenvalue weighted by Crippen LogP contribution is 2.24. The number of hydrogen-bond donors (Lipinski definition) is 2. The Balaban J connectivity index is 1.72. The van der Waals surface area contributed by atoms with Crippen molar-refractivity contribution in [3.8, 4) is 0 Å². The van der Waals surface area contributed by atoms with Gasteiger partial charge in [0, 0.05) is 25.2 Å². The van der Waals surface area contributed by atoms with Crippen LogP contribution in [0.25, 0.3) is 0 Å². The number of carbonyl (C=O) groups is 1. The third kappa shape index (κ3) is 6.30. The molecule has 0 aromatic carbocycles. The Kier molecular flexibility index (Phi) is 6.72. The van der Waals surface area contributed by atoms with E-state index in [0.717, 1.165) is 45.3 Å². The lowest BCUT2D eigenvalue weighted by Crippen LogP contribution is -2.46. The molecule has 0 aromatic heterocycles. The molecule has 1 aliphatic heterocycles. The molecule has 5 heteroatoms. The van der Waals surface area contributed by atoms with Crippen LogP contribution in [0.15, 0.2) is 0 Å². The van der Waals surface area contributed by atoms with Crippen LogP contribution >= 0.6 is 0 Å². The van der Waals surface area contributed by atoms with Crippen molar-refractivity contribution in [2.75, 3.05) is 13.2 Å². The second kappa shape index (κ2) is 8.34. The average molecular weight is 326 g/mol. The minimum absolute atomic E-state index is 0.220. The Labute approximate surface area is 140 Å². The standard InChI is InChI=1S/C18H34N2O3/c1-5-16-13(9-10-22-16)12-19-14-7-6-8-15(11-14)20-17(21)23-18(2,3)4/h13-16,19H,5-12H2,1-4H3,(H,20,21). The van der Waals surface area contributed by atoms with Crippen LogP contribution in [0.5, 0.6) is 0 Å². The van der Waals surface area contributed by atoms with Gasteiger partial charge in [0.1, 0.15) is 5.60 Å². The number of alkyl carbamates (subject to hydrolysis) is 1. The first-order chi connectivity index (χ1) is 10.9. The molecule has 2 rings (SSSR count). The van der Waals surface area contributed by atoms with Crippen molar-refractivity contribution in [2.45, 2.75) is 90.0 Å². The summed E-state index contributed by atoms with van der Waals surface area (Å²) in [5.74, 6) is 0.638. The van der Waals surface area contributed by atoms with Crippen LogP contribution in [0.4, 0.5) is 4.79 Å². The van der Waals surface area contributed by atoms with Crippen molar-refractivity contribution in [2.24, 2.45) is 5.92 Å². The fourth-order valence-electron chi connectivity index (χ4n) is 3.68. The van der Waals surface area contributed by atoms with Gasteiger partial charge in [0.15, 0.2) is 0 Å². The van der Waals surface area contributed by atoms with Crippen molar-refractivity contribution >= 4 is 6.09 Å². The molecule has 2 N–H and O–H groups in total. The molecule has 0 spiro atoms. The first kappa shape index (κ1) is 18.5. The zero-order valence-electron chi connectivity index (χ0n) is 15.2. The smallest absolute Gasteiger partial charge is 0.407 e. The van der Waals surface area contributed by atoms with Gasteiger partial charge >= 0.3 is 6.09 Å². The molecule has 2 aliphatic rings. The van der Waals surface area contributed by atoms with Gasteiger partial charge in [0.25, 0.3) is 0 Å². The maximum Gasteiger partial charge on any atom is 0.407 e. The highest BCUT2D eigenvalue weighted by Gasteiger charge is 2.29. The van der Waals surface area contributed by atoms with Crippen LogP contribution in [0.1, 0.15) is 66.2 Å². The van der Waals surface area contributed by atoms with Gasteiger partial charge in [-0.15, -0.1) is 0 Å². The lowest BCUT2D eigenvalue weighted by molar-refractivity contribution is 0.0488. The molecule has 0 bridgehead atoms. The highest BCUT2D eigenvalue weighted by atomic mass is 16.6. The molecule has 1 saturated carbocycles. The summed E-state index contributed by atoms with van der Waals surface area (Å²) >= 11 is 0. The van der Waals surface area contributed by atoms with Gasteiger partial charge in [-0.05, 0) is 65.2 Å². The highest BCUT2D eigenvalue weighted by molar-refractivity contribution is 5.68. The van der Waals surface area contributed by atoms with Crippen LogP contribution in [0.2, 0.25) is 0 Å². The second-order valence-corrected chi connectivity index (χ2v) is 7.98. The maximum absolute atomic E-state index is 11.9. The Hall–Kier alpha value is -0.810. The van der Waals surface area contributed by atoms with E-state index < -0.39 is 5.60 Å². The molecule has 1 aliphatic carbocycles. The van der Waals surface area contributed by atoms with Gasteiger partial charge in [-0.3, -0.25) is 0 Å². The van der Waals surface area contributed by atoms with Crippen molar-refractivity contribution in [1.29, 1.82) is 0 Å². The Morgan fingerprint density at radius 1 is 1.22 bits per heavy atom. The number of carbonyl (C=O) groups excluding carboxylic acids is 1. The summed E-state index contributed by atoms with van der Waals surface area (Å²) in [5.41, 5.74) is -0.436. The van der Waals surface area contributed by atoms with Gasteiger partial charge in [-0.2, -0.15) is 0 Å². The van der Waals surface area contributed by atoms with Gasteiger partial charge in [-0.1, -0.05) is 6.92 Å². The van der Waals surface area contributed by atoms with Crippen molar-refractivity contribution in [1.82, 2.24) is 10.6 Å². The summed E-state index contributed by atoms with van der Waals surface area (Å²) in [7, 11) is 0. The maximum atomic E-state index is 11.9. The second-order valence-electron chi connectivity index (χ2n) is 7.98. The Morgan fingerprint density at radius 2 is 1.96 bits per heavy atom. The van der Waals surface area contributed by atoms with Crippen molar-refractivity contribution in [3.63, 3.8) is 0 Å². The summed E-state index contributed by atoms with van der Waals surface area (Å²) < 4.78 is 11.1. The molecular weight excluding hydrogens is 292 g/mol. The average Bonchev–Trinajstić information content (AvgIpc) is 2.90. The van der Waals surface area contributed by atoms with E-state index >= 15 is 0 Å². The van der Waals surface area contributed by atoms with Gasteiger partial charge in [0.2, 0.25) is 0 Å². The zero-order chi connectivity index (χ0) is 16.9. The molecule has 0 radical (unpaired) electrons. The van der Waals surface area contributed by atoms with Crippen molar-refractivity contribution < 1.29 is 14.3 Å². The molecular formula is C18H34N2O3. The van der Waals surface area contributed by atoms with Crippen LogP contribution in [-0.4, -0.2) is 43.0 Å². The topological polar surface area (TPSA) is 59.6 Å². The number of hydrogen-bond acceptors (Lipinski definition) is 4. The lowest BCUT2D eigenvalue weighted by atomic mass is 9.90. The van der Waals surface area contributed by atoms with E-state index in [9.17, 15) is 4.79 Å². The molecule has 2 fully saturated rings. The number of amides is 1. The normalized spacial score (nSPS) is 31.8. The lowest BCUT2D eigenvalue weighted by Gasteiger charge is -2.32. The van der Waals surface area contributed by atoms with Crippen LogP contribution in [0.3, 0.4) is 0 Å².